The Labute approximate surface area is 118 Å². The van der Waals surface area contributed by atoms with E-state index in [4.69, 9.17) is 0 Å². The highest BCUT2D eigenvalue weighted by molar-refractivity contribution is 5.24. The Hall–Kier alpha value is -0.820. The van der Waals surface area contributed by atoms with Crippen LogP contribution in [0.2, 0.25) is 0 Å². The summed E-state index contributed by atoms with van der Waals surface area (Å²) in [6.07, 6.45) is 7.95. The fraction of sp³-hybridized carbons (Fsp3) is 0.667. The Morgan fingerprint density at radius 1 is 1.16 bits per heavy atom. The molecule has 2 atom stereocenters. The maximum absolute atomic E-state index is 3.81. The largest absolute Gasteiger partial charge is 0.307 e. The van der Waals surface area contributed by atoms with Crippen LogP contribution >= 0.6 is 0 Å². The van der Waals surface area contributed by atoms with E-state index < -0.39 is 0 Å². The van der Waals surface area contributed by atoms with Crippen molar-refractivity contribution in [2.45, 2.75) is 71.4 Å². The molecule has 0 spiro atoms. The van der Waals surface area contributed by atoms with Gasteiger partial charge in [0.05, 0.1) is 0 Å². The van der Waals surface area contributed by atoms with E-state index in [1.165, 1.54) is 49.7 Å². The molecule has 0 heterocycles. The Balaban J connectivity index is 1.88. The predicted molar refractivity (Wildman–Crippen MR) is 83.4 cm³/mol. The molecular weight excluding hydrogens is 230 g/mol. The summed E-state index contributed by atoms with van der Waals surface area (Å²) in [5.41, 5.74) is 2.89. The molecule has 0 aromatic heterocycles. The van der Waals surface area contributed by atoms with Gasteiger partial charge in [-0.1, -0.05) is 57.4 Å². The van der Waals surface area contributed by atoms with Gasteiger partial charge in [-0.3, -0.25) is 0 Å². The van der Waals surface area contributed by atoms with E-state index in [-0.39, 0.29) is 0 Å². The van der Waals surface area contributed by atoms with Crippen LogP contribution in [0.5, 0.6) is 0 Å². The zero-order chi connectivity index (χ0) is 13.7. The number of hydrogen-bond donors (Lipinski definition) is 1. The Morgan fingerprint density at radius 2 is 1.84 bits per heavy atom. The number of nitrogens with one attached hydrogen (secondary N) is 1. The van der Waals surface area contributed by atoms with Crippen molar-refractivity contribution in [3.05, 3.63) is 35.4 Å². The van der Waals surface area contributed by atoms with Crippen molar-refractivity contribution < 1.29 is 0 Å². The van der Waals surface area contributed by atoms with Crippen molar-refractivity contribution in [2.24, 2.45) is 5.92 Å². The van der Waals surface area contributed by atoms with Crippen LogP contribution in [0.25, 0.3) is 0 Å². The minimum Gasteiger partial charge on any atom is -0.307 e. The quantitative estimate of drug-likeness (QED) is 0.702. The van der Waals surface area contributed by atoms with Crippen molar-refractivity contribution in [3.8, 4) is 0 Å². The lowest BCUT2D eigenvalue weighted by Gasteiger charge is -2.23. The van der Waals surface area contributed by atoms with Gasteiger partial charge >= 0.3 is 0 Å². The van der Waals surface area contributed by atoms with Crippen LogP contribution < -0.4 is 5.32 Å². The van der Waals surface area contributed by atoms with Crippen LogP contribution in [-0.4, -0.2) is 6.04 Å². The van der Waals surface area contributed by atoms with Crippen molar-refractivity contribution in [1.29, 1.82) is 0 Å². The molecule has 0 bridgehead atoms. The minimum absolute atomic E-state index is 0.472. The van der Waals surface area contributed by atoms with Crippen molar-refractivity contribution >= 4 is 0 Å². The molecule has 1 fully saturated rings. The van der Waals surface area contributed by atoms with Crippen molar-refractivity contribution in [3.63, 3.8) is 0 Å². The van der Waals surface area contributed by atoms with Gasteiger partial charge in [0, 0.05) is 12.1 Å². The highest BCUT2D eigenvalue weighted by Gasteiger charge is 2.25. The highest BCUT2D eigenvalue weighted by Crippen LogP contribution is 2.34. The maximum atomic E-state index is 3.81. The summed E-state index contributed by atoms with van der Waals surface area (Å²) in [6.45, 7) is 6.84. The monoisotopic (exact) mass is 259 g/mol. The molecule has 1 nitrogen and oxygen atoms in total. The van der Waals surface area contributed by atoms with E-state index in [1.807, 2.05) is 0 Å². The molecular formula is C18H29N. The van der Waals surface area contributed by atoms with Gasteiger partial charge in [0.25, 0.3) is 0 Å². The van der Waals surface area contributed by atoms with Gasteiger partial charge in [-0.15, -0.1) is 0 Å². The third kappa shape index (κ3) is 4.65. The molecule has 1 aliphatic carbocycles. The SMILES string of the molecule is CCCc1ccc(C(C)NC(CC)CC2CC2)cc1. The lowest BCUT2D eigenvalue weighted by molar-refractivity contribution is 0.404. The first-order chi connectivity index (χ1) is 9.22. The second-order valence-electron chi connectivity index (χ2n) is 6.16. The van der Waals surface area contributed by atoms with Crippen LogP contribution in [-0.2, 0) is 6.42 Å². The summed E-state index contributed by atoms with van der Waals surface area (Å²) in [7, 11) is 0. The summed E-state index contributed by atoms with van der Waals surface area (Å²) in [4.78, 5) is 0. The van der Waals surface area contributed by atoms with Crippen molar-refractivity contribution in [2.75, 3.05) is 0 Å². The molecule has 2 unspecified atom stereocenters. The zero-order valence-electron chi connectivity index (χ0n) is 12.8. The number of rotatable bonds is 8. The molecule has 1 aromatic carbocycles. The van der Waals surface area contributed by atoms with E-state index in [1.54, 1.807) is 0 Å². The molecule has 0 radical (unpaired) electrons. The van der Waals surface area contributed by atoms with Gasteiger partial charge in [0.2, 0.25) is 0 Å². The first-order valence-corrected chi connectivity index (χ1v) is 8.07. The molecule has 0 saturated heterocycles. The fourth-order valence-electron chi connectivity index (χ4n) is 2.82. The number of aryl methyl sites for hydroxylation is 1. The molecule has 1 N–H and O–H groups in total. The maximum Gasteiger partial charge on any atom is 0.0294 e. The van der Waals surface area contributed by atoms with Gasteiger partial charge in [-0.25, -0.2) is 0 Å². The van der Waals surface area contributed by atoms with Crippen LogP contribution in [0.3, 0.4) is 0 Å². The van der Waals surface area contributed by atoms with Gasteiger partial charge in [0.15, 0.2) is 0 Å². The number of benzene rings is 1. The highest BCUT2D eigenvalue weighted by atomic mass is 14.9. The molecule has 106 valence electrons. The van der Waals surface area contributed by atoms with Gasteiger partial charge < -0.3 is 5.32 Å². The topological polar surface area (TPSA) is 12.0 Å². The molecule has 0 amide bonds. The molecule has 2 rings (SSSR count). The minimum atomic E-state index is 0.472. The Morgan fingerprint density at radius 3 is 2.37 bits per heavy atom. The van der Waals surface area contributed by atoms with Crippen LogP contribution in [0.15, 0.2) is 24.3 Å². The third-order valence-corrected chi connectivity index (χ3v) is 4.31. The first kappa shape index (κ1) is 14.6. The summed E-state index contributed by atoms with van der Waals surface area (Å²) in [5.74, 6) is 1.01. The average Bonchev–Trinajstić information content (AvgIpc) is 3.23. The second-order valence-corrected chi connectivity index (χ2v) is 6.16. The first-order valence-electron chi connectivity index (χ1n) is 8.07. The average molecular weight is 259 g/mol. The molecule has 1 aromatic rings. The van der Waals surface area contributed by atoms with Crippen molar-refractivity contribution in [1.82, 2.24) is 5.32 Å². The normalized spacial score (nSPS) is 18.3. The van der Waals surface area contributed by atoms with E-state index in [0.29, 0.717) is 12.1 Å². The lowest BCUT2D eigenvalue weighted by atomic mass is 10.0. The standard InChI is InChI=1S/C18H29N/c1-4-6-15-9-11-17(12-10-15)14(3)19-18(5-2)13-16-7-8-16/h9-12,14,16,18-19H,4-8,13H2,1-3H3. The van der Waals surface area contributed by atoms with E-state index in [9.17, 15) is 0 Å². The lowest BCUT2D eigenvalue weighted by Crippen LogP contribution is -2.31. The van der Waals surface area contributed by atoms with E-state index in [2.05, 4.69) is 50.4 Å². The van der Waals surface area contributed by atoms with Gasteiger partial charge in [0.1, 0.15) is 0 Å². The molecule has 1 heteroatoms. The molecule has 1 saturated carbocycles. The van der Waals surface area contributed by atoms with Gasteiger partial charge in [-0.2, -0.15) is 0 Å². The molecule has 1 aliphatic rings. The van der Waals surface area contributed by atoms with Crippen LogP contribution in [0, 0.1) is 5.92 Å². The Bertz CT molecular complexity index is 364. The third-order valence-electron chi connectivity index (χ3n) is 4.31. The summed E-state index contributed by atoms with van der Waals surface area (Å²) >= 11 is 0. The predicted octanol–water partition coefficient (Wildman–Crippen LogP) is 4.87. The zero-order valence-corrected chi connectivity index (χ0v) is 12.8. The summed E-state index contributed by atoms with van der Waals surface area (Å²) in [5, 5.41) is 3.81. The molecule has 19 heavy (non-hydrogen) atoms. The fourth-order valence-corrected chi connectivity index (χ4v) is 2.82. The van der Waals surface area contributed by atoms with Crippen LogP contribution in [0.1, 0.15) is 70.0 Å². The van der Waals surface area contributed by atoms with Crippen LogP contribution in [0.4, 0.5) is 0 Å². The Kier molecular flexibility index (Phi) is 5.45. The summed E-state index contributed by atoms with van der Waals surface area (Å²) in [6, 6.07) is 10.3. The number of hydrogen-bond acceptors (Lipinski definition) is 1. The molecule has 0 aliphatic heterocycles. The smallest absolute Gasteiger partial charge is 0.0294 e. The van der Waals surface area contributed by atoms with Gasteiger partial charge in [-0.05, 0) is 43.2 Å². The summed E-state index contributed by atoms with van der Waals surface area (Å²) < 4.78 is 0. The second kappa shape index (κ2) is 7.09. The van der Waals surface area contributed by atoms with E-state index >= 15 is 0 Å². The van der Waals surface area contributed by atoms with E-state index in [0.717, 1.165) is 5.92 Å².